The van der Waals surface area contributed by atoms with Gasteiger partial charge in [0, 0.05) is 13.1 Å². The molecule has 0 aliphatic heterocycles. The molecule has 0 bridgehead atoms. The Labute approximate surface area is 98.9 Å². The molecule has 1 rings (SSSR count). The summed E-state index contributed by atoms with van der Waals surface area (Å²) in [6.45, 7) is 2.73. The summed E-state index contributed by atoms with van der Waals surface area (Å²) >= 11 is 0. The molecule has 0 heterocycles. The van der Waals surface area contributed by atoms with E-state index in [1.165, 1.54) is 12.1 Å². The Morgan fingerprint density at radius 1 is 1.18 bits per heavy atom. The lowest BCUT2D eigenvalue weighted by molar-refractivity contribution is 0.241. The number of phenolic OH excluding ortho intramolecular Hbond substituents is 3. The molecule has 0 radical (unpaired) electrons. The number of hydrogen-bond acceptors (Lipinski definition) is 4. The molecule has 0 fully saturated rings. The minimum atomic E-state index is -0.537. The van der Waals surface area contributed by atoms with E-state index in [1.807, 2.05) is 6.92 Å². The molecule has 0 spiro atoms. The zero-order valence-electron chi connectivity index (χ0n) is 9.53. The second-order valence-electron chi connectivity index (χ2n) is 3.52. The van der Waals surface area contributed by atoms with E-state index in [2.05, 4.69) is 10.6 Å². The van der Waals surface area contributed by atoms with Gasteiger partial charge >= 0.3 is 6.03 Å². The fourth-order valence-electron chi connectivity index (χ4n) is 1.35. The van der Waals surface area contributed by atoms with Crippen molar-refractivity contribution in [3.05, 3.63) is 17.7 Å². The fourth-order valence-corrected chi connectivity index (χ4v) is 1.35. The lowest BCUT2D eigenvalue weighted by atomic mass is 10.1. The van der Waals surface area contributed by atoms with Gasteiger partial charge in [0.25, 0.3) is 0 Å². The first-order valence-electron chi connectivity index (χ1n) is 5.30. The highest BCUT2D eigenvalue weighted by atomic mass is 16.3. The zero-order valence-corrected chi connectivity index (χ0v) is 9.53. The fraction of sp³-hybridized carbons (Fsp3) is 0.364. The number of urea groups is 1. The summed E-state index contributed by atoms with van der Waals surface area (Å²) in [6.07, 6.45) is 0.443. The number of rotatable bonds is 4. The average Bonchev–Trinajstić information content (AvgIpc) is 2.26. The van der Waals surface area contributed by atoms with Crippen LogP contribution >= 0.6 is 0 Å². The van der Waals surface area contributed by atoms with Crippen LogP contribution in [0.2, 0.25) is 0 Å². The van der Waals surface area contributed by atoms with Gasteiger partial charge in [0.05, 0.1) is 0 Å². The molecule has 0 aromatic heterocycles. The molecule has 6 heteroatoms. The van der Waals surface area contributed by atoms with E-state index in [0.29, 0.717) is 25.1 Å². The third-order valence-corrected chi connectivity index (χ3v) is 2.17. The number of benzene rings is 1. The first-order chi connectivity index (χ1) is 8.04. The van der Waals surface area contributed by atoms with Crippen LogP contribution < -0.4 is 10.6 Å². The lowest BCUT2D eigenvalue weighted by Gasteiger charge is -2.07. The van der Waals surface area contributed by atoms with E-state index in [1.54, 1.807) is 0 Å². The number of hydrogen-bond donors (Lipinski definition) is 5. The SMILES string of the molecule is CCNC(=O)NCCc1cc(O)c(O)c(O)c1. The van der Waals surface area contributed by atoms with Gasteiger partial charge in [-0.1, -0.05) is 0 Å². The highest BCUT2D eigenvalue weighted by Gasteiger charge is 2.08. The maximum atomic E-state index is 11.1. The van der Waals surface area contributed by atoms with Crippen LogP contribution in [0, 0.1) is 0 Å². The van der Waals surface area contributed by atoms with Crippen molar-refractivity contribution in [1.29, 1.82) is 0 Å². The number of carbonyl (C=O) groups excluding carboxylic acids is 1. The number of amides is 2. The van der Waals surface area contributed by atoms with Gasteiger partial charge in [0.15, 0.2) is 17.2 Å². The highest BCUT2D eigenvalue weighted by Crippen LogP contribution is 2.35. The molecule has 0 aliphatic carbocycles. The molecule has 2 amide bonds. The number of nitrogens with one attached hydrogen (secondary N) is 2. The Hall–Kier alpha value is -2.11. The summed E-state index contributed by atoms with van der Waals surface area (Å²) < 4.78 is 0. The first kappa shape index (κ1) is 13.0. The van der Waals surface area contributed by atoms with E-state index in [9.17, 15) is 15.0 Å². The van der Waals surface area contributed by atoms with Gasteiger partial charge in [-0.2, -0.15) is 0 Å². The summed E-state index contributed by atoms with van der Waals surface area (Å²) in [5.41, 5.74) is 0.620. The smallest absolute Gasteiger partial charge is 0.314 e. The minimum Gasteiger partial charge on any atom is -0.504 e. The van der Waals surface area contributed by atoms with Gasteiger partial charge in [-0.25, -0.2) is 4.79 Å². The van der Waals surface area contributed by atoms with Crippen LogP contribution in [0.1, 0.15) is 12.5 Å². The van der Waals surface area contributed by atoms with Gasteiger partial charge in [-0.15, -0.1) is 0 Å². The molecule has 6 nitrogen and oxygen atoms in total. The molecular formula is C11H16N2O4. The summed E-state index contributed by atoms with van der Waals surface area (Å²) in [5, 5.41) is 32.8. The number of carbonyl (C=O) groups is 1. The molecule has 0 unspecified atom stereocenters. The van der Waals surface area contributed by atoms with Gasteiger partial charge < -0.3 is 26.0 Å². The standard InChI is InChI=1S/C11H16N2O4/c1-2-12-11(17)13-4-3-7-5-8(14)10(16)9(15)6-7/h5-6,14-16H,2-4H2,1H3,(H2,12,13,17). The molecule has 0 saturated heterocycles. The van der Waals surface area contributed by atoms with Crippen LogP contribution in [-0.2, 0) is 6.42 Å². The maximum absolute atomic E-state index is 11.1. The Bertz CT molecular complexity index is 383. The minimum absolute atomic E-state index is 0.264. The first-order valence-corrected chi connectivity index (χ1v) is 5.30. The third-order valence-electron chi connectivity index (χ3n) is 2.17. The van der Waals surface area contributed by atoms with Crippen molar-refractivity contribution in [2.45, 2.75) is 13.3 Å². The van der Waals surface area contributed by atoms with E-state index >= 15 is 0 Å². The Kier molecular flexibility index (Phi) is 4.45. The van der Waals surface area contributed by atoms with E-state index in [-0.39, 0.29) is 17.5 Å². The molecular weight excluding hydrogens is 224 g/mol. The van der Waals surface area contributed by atoms with Crippen molar-refractivity contribution in [3.63, 3.8) is 0 Å². The monoisotopic (exact) mass is 240 g/mol. The van der Waals surface area contributed by atoms with Gasteiger partial charge in [-0.3, -0.25) is 0 Å². The maximum Gasteiger partial charge on any atom is 0.314 e. The second kappa shape index (κ2) is 5.83. The highest BCUT2D eigenvalue weighted by molar-refractivity contribution is 5.73. The van der Waals surface area contributed by atoms with E-state index < -0.39 is 5.75 Å². The molecule has 94 valence electrons. The van der Waals surface area contributed by atoms with Crippen molar-refractivity contribution >= 4 is 6.03 Å². The summed E-state index contributed by atoms with van der Waals surface area (Å²) in [7, 11) is 0. The van der Waals surface area contributed by atoms with Crippen LogP contribution in [0.15, 0.2) is 12.1 Å². The molecule has 0 aliphatic rings. The van der Waals surface area contributed by atoms with Crippen molar-refractivity contribution in [2.24, 2.45) is 0 Å². The Balaban J connectivity index is 2.50. The van der Waals surface area contributed by atoms with Crippen molar-refractivity contribution < 1.29 is 20.1 Å². The number of aromatic hydroxyl groups is 3. The van der Waals surface area contributed by atoms with Crippen LogP contribution in [0.4, 0.5) is 4.79 Å². The predicted octanol–water partition coefficient (Wildman–Crippen LogP) is 0.665. The van der Waals surface area contributed by atoms with Crippen LogP contribution in [0.25, 0.3) is 0 Å². The number of phenols is 3. The lowest BCUT2D eigenvalue weighted by Crippen LogP contribution is -2.36. The van der Waals surface area contributed by atoms with Crippen molar-refractivity contribution in [3.8, 4) is 17.2 Å². The molecule has 1 aromatic rings. The molecule has 0 saturated carbocycles. The second-order valence-corrected chi connectivity index (χ2v) is 3.52. The topological polar surface area (TPSA) is 102 Å². The summed E-state index contributed by atoms with van der Waals surface area (Å²) in [5.74, 6) is -1.29. The third kappa shape index (κ3) is 3.75. The Morgan fingerprint density at radius 3 is 2.29 bits per heavy atom. The zero-order chi connectivity index (χ0) is 12.8. The normalized spacial score (nSPS) is 9.94. The van der Waals surface area contributed by atoms with Gasteiger partial charge in [0.2, 0.25) is 0 Å². The largest absolute Gasteiger partial charge is 0.504 e. The molecule has 17 heavy (non-hydrogen) atoms. The van der Waals surface area contributed by atoms with E-state index in [4.69, 9.17) is 5.11 Å². The van der Waals surface area contributed by atoms with Crippen molar-refractivity contribution in [1.82, 2.24) is 10.6 Å². The predicted molar refractivity (Wildman–Crippen MR) is 62.2 cm³/mol. The molecule has 5 N–H and O–H groups in total. The summed E-state index contributed by atoms with van der Waals surface area (Å²) in [6, 6.07) is 2.42. The molecule has 1 aromatic carbocycles. The van der Waals surface area contributed by atoms with Crippen LogP contribution in [0.5, 0.6) is 17.2 Å². The van der Waals surface area contributed by atoms with Gasteiger partial charge in [-0.05, 0) is 31.0 Å². The van der Waals surface area contributed by atoms with Crippen molar-refractivity contribution in [2.75, 3.05) is 13.1 Å². The van der Waals surface area contributed by atoms with Crippen LogP contribution in [-0.4, -0.2) is 34.4 Å². The quantitative estimate of drug-likeness (QED) is 0.499. The average molecular weight is 240 g/mol. The Morgan fingerprint density at radius 2 is 1.76 bits per heavy atom. The molecule has 0 atom stereocenters. The van der Waals surface area contributed by atoms with Gasteiger partial charge in [0.1, 0.15) is 0 Å². The van der Waals surface area contributed by atoms with Crippen LogP contribution in [0.3, 0.4) is 0 Å². The summed E-state index contributed by atoms with van der Waals surface area (Å²) in [4.78, 5) is 11.1. The van der Waals surface area contributed by atoms with E-state index in [0.717, 1.165) is 0 Å².